The molecular formula is C74H73Cl3N14O6. The topological polar surface area (TPSA) is 300 Å². The summed E-state index contributed by atoms with van der Waals surface area (Å²) in [5.41, 5.74) is 38.2. The number of anilines is 3. The number of nitrogens with one attached hydrogen (secondary N) is 2. The lowest BCUT2D eigenvalue weighted by Gasteiger charge is -2.25. The van der Waals surface area contributed by atoms with E-state index >= 15 is 0 Å². The molecule has 2 amide bonds. The number of nitrogens with two attached hydrogens (primary N) is 4. The molecule has 0 saturated heterocycles. The van der Waals surface area contributed by atoms with Crippen LogP contribution in [0.3, 0.4) is 0 Å². The summed E-state index contributed by atoms with van der Waals surface area (Å²) in [4.78, 5) is 86.0. The van der Waals surface area contributed by atoms with Gasteiger partial charge in [-0.2, -0.15) is 0 Å². The monoisotopic (exact) mass is 1360 g/mol. The molecular weight excluding hydrogens is 1290 g/mol. The van der Waals surface area contributed by atoms with Crippen LogP contribution in [-0.2, 0) is 50.6 Å². The number of carbonyl (C=O) groups is 3. The Morgan fingerprint density at radius 3 is 1.42 bits per heavy atom. The molecule has 0 atom stereocenters. The third-order valence-electron chi connectivity index (χ3n) is 16.2. The standard InChI is InChI=1S/C24H22ClN5O2.C24H24ClN5O.C17H13ClN2O3.C9H14N2/c1-14-9-22(26)29-15(2)21(14)12-28-23(31)17-5-7-27-19(11-17)13-30-8-6-16-10-18(25)3-4-20(16)24(30)32;1-15-9-23(26)29-16(2)22(15)12-28-24(31)18-5-7-27-21(11-18)14-30-8-6-17-10-20(25)4-3-19(17)13-30;1-23-17(22)12-4-6-19-14(9-12)10-20-7-5-11-8-13(18)2-3-15(11)16(20)21;1-6-3-8(11)4-7(2)9(6)5-10/h3-11H,12-13H2,1-2H3,(H2,26,29)(H,28,31);3-11H,12-14H2,1-2H3,(H2,26,29)(H,28,31);2-9H,10H2,1H3;3-4H,5,10-11H2,1-2H3. The van der Waals surface area contributed by atoms with Crippen molar-refractivity contribution in [3.8, 4) is 0 Å². The summed E-state index contributed by atoms with van der Waals surface area (Å²) >= 11 is 18.0. The average molecular weight is 1360 g/mol. The lowest BCUT2D eigenvalue weighted by atomic mass is 10.0. The van der Waals surface area contributed by atoms with Crippen LogP contribution < -0.4 is 44.7 Å². The van der Waals surface area contributed by atoms with E-state index in [0.29, 0.717) is 86.7 Å². The number of carbonyl (C=O) groups excluding carboxylic acids is 3. The quantitative estimate of drug-likeness (QED) is 0.0435. The first-order valence-corrected chi connectivity index (χ1v) is 31.9. The van der Waals surface area contributed by atoms with Crippen molar-refractivity contribution in [3.63, 3.8) is 0 Å². The molecule has 0 radical (unpaired) electrons. The minimum Gasteiger partial charge on any atom is -0.465 e. The molecule has 10 N–H and O–H groups in total. The van der Waals surface area contributed by atoms with Crippen LogP contribution in [0.15, 0.2) is 174 Å². The predicted octanol–water partition coefficient (Wildman–Crippen LogP) is 12.1. The molecule has 20 nitrogen and oxygen atoms in total. The van der Waals surface area contributed by atoms with Gasteiger partial charge in [0.15, 0.2) is 0 Å². The van der Waals surface area contributed by atoms with Gasteiger partial charge in [-0.1, -0.05) is 40.9 Å². The Morgan fingerprint density at radius 1 is 0.526 bits per heavy atom. The minimum absolute atomic E-state index is 0.135. The lowest BCUT2D eigenvalue weighted by Crippen LogP contribution is -2.25. The fraction of sp³-hybridized carbons (Fsp3) is 0.189. The van der Waals surface area contributed by atoms with E-state index in [1.165, 1.54) is 35.6 Å². The Labute approximate surface area is 576 Å². The van der Waals surface area contributed by atoms with Gasteiger partial charge in [0.05, 0.1) is 49.4 Å². The molecule has 0 aliphatic carbocycles. The van der Waals surface area contributed by atoms with Crippen LogP contribution >= 0.6 is 34.8 Å². The van der Waals surface area contributed by atoms with Gasteiger partial charge in [0.2, 0.25) is 0 Å². The predicted molar refractivity (Wildman–Crippen MR) is 385 cm³/mol. The number of benzene rings is 4. The molecule has 11 aromatic rings. The summed E-state index contributed by atoms with van der Waals surface area (Å²) in [7, 11) is 1.32. The van der Waals surface area contributed by atoms with Crippen molar-refractivity contribution in [2.24, 2.45) is 5.73 Å². The van der Waals surface area contributed by atoms with E-state index in [9.17, 15) is 24.0 Å². The van der Waals surface area contributed by atoms with Crippen molar-refractivity contribution >= 4 is 97.5 Å². The van der Waals surface area contributed by atoms with E-state index in [-0.39, 0.29) is 36.0 Å². The SMILES string of the molecule is COC(=O)c1ccnc(Cn2ccc3cc(Cl)ccc3c2=O)c1.Cc1cc(N)cc(C)c1CN.Cc1cc(N)nc(C)c1CNC(=O)c1ccnc(CN2C=Cc3cc(Cl)ccc3C2)c1.Cc1cc(N)nc(C)c1CNC(=O)c1ccnc(Cn2ccc3cc(Cl)ccc3c2=O)c1. The first-order valence-electron chi connectivity index (χ1n) is 30.7. The molecule has 97 heavy (non-hydrogen) atoms. The molecule has 496 valence electrons. The zero-order valence-electron chi connectivity index (χ0n) is 54.6. The normalized spacial score (nSPS) is 11.3. The Balaban J connectivity index is 0.000000160. The summed E-state index contributed by atoms with van der Waals surface area (Å²) in [6, 6.07) is 37.5. The highest BCUT2D eigenvalue weighted by atomic mass is 35.5. The highest BCUT2D eigenvalue weighted by Gasteiger charge is 2.17. The van der Waals surface area contributed by atoms with Gasteiger partial charge in [0.1, 0.15) is 11.6 Å². The number of hydrogen-bond acceptors (Lipinski definition) is 16. The van der Waals surface area contributed by atoms with Crippen LogP contribution in [0, 0.1) is 41.5 Å². The van der Waals surface area contributed by atoms with Crippen molar-refractivity contribution in [2.45, 2.75) is 87.4 Å². The van der Waals surface area contributed by atoms with Gasteiger partial charge in [-0.25, -0.2) is 14.8 Å². The summed E-state index contributed by atoms with van der Waals surface area (Å²) in [6.45, 7) is 15.0. The number of fused-ring (bicyclic) bond motifs is 3. The van der Waals surface area contributed by atoms with Crippen molar-refractivity contribution < 1.29 is 19.1 Å². The Bertz CT molecular complexity index is 4870. The third-order valence-corrected chi connectivity index (χ3v) is 16.9. The molecule has 12 rings (SSSR count). The number of nitrogens with zero attached hydrogens (tertiary/aromatic N) is 8. The van der Waals surface area contributed by atoms with Gasteiger partial charge in [0, 0.05) is 117 Å². The molecule has 23 heteroatoms. The number of aromatic nitrogens is 7. The third kappa shape index (κ3) is 18.4. The number of halogens is 3. The van der Waals surface area contributed by atoms with Crippen LogP contribution in [0.1, 0.15) is 110 Å². The number of ether oxygens (including phenoxy) is 1. The highest BCUT2D eigenvalue weighted by molar-refractivity contribution is 6.31. The summed E-state index contributed by atoms with van der Waals surface area (Å²) in [5, 5.41) is 10.5. The largest absolute Gasteiger partial charge is 0.465 e. The lowest BCUT2D eigenvalue weighted by molar-refractivity contribution is 0.0600. The van der Waals surface area contributed by atoms with E-state index in [4.69, 9.17) is 57.7 Å². The van der Waals surface area contributed by atoms with Crippen molar-refractivity contribution in [3.05, 3.63) is 296 Å². The molecule has 0 fully saturated rings. The number of pyridine rings is 7. The van der Waals surface area contributed by atoms with E-state index in [1.807, 2.05) is 108 Å². The molecule has 4 aromatic carbocycles. The van der Waals surface area contributed by atoms with Crippen LogP contribution in [0.5, 0.6) is 0 Å². The molecule has 1 aliphatic rings. The van der Waals surface area contributed by atoms with Gasteiger partial charge in [-0.05, 0) is 230 Å². The second kappa shape index (κ2) is 32.1. The fourth-order valence-electron chi connectivity index (χ4n) is 11.2. The fourth-order valence-corrected chi connectivity index (χ4v) is 11.7. The molecule has 8 heterocycles. The number of rotatable bonds is 14. The molecule has 1 aliphatic heterocycles. The van der Waals surface area contributed by atoms with E-state index in [0.717, 1.165) is 72.9 Å². The van der Waals surface area contributed by atoms with Crippen LogP contribution in [0.4, 0.5) is 17.3 Å². The van der Waals surface area contributed by atoms with Gasteiger partial charge < -0.3 is 52.3 Å². The number of hydrogen-bond donors (Lipinski definition) is 6. The Hall–Kier alpha value is -10.8. The Kier molecular flexibility index (Phi) is 23.4. The maximum Gasteiger partial charge on any atom is 0.337 e. The van der Waals surface area contributed by atoms with E-state index in [2.05, 4.69) is 45.2 Å². The molecule has 0 saturated carbocycles. The second-order valence-corrected chi connectivity index (χ2v) is 24.5. The van der Waals surface area contributed by atoms with Crippen LogP contribution in [-0.4, -0.2) is 63.8 Å². The molecule has 0 spiro atoms. The first-order chi connectivity index (χ1) is 46.4. The summed E-state index contributed by atoms with van der Waals surface area (Å²) < 4.78 is 7.79. The number of aryl methyl sites for hydroxylation is 6. The van der Waals surface area contributed by atoms with Crippen molar-refractivity contribution in [2.75, 3.05) is 24.3 Å². The van der Waals surface area contributed by atoms with E-state index in [1.54, 1.807) is 107 Å². The maximum absolute atomic E-state index is 12.8. The molecule has 0 unspecified atom stereocenters. The van der Waals surface area contributed by atoms with Gasteiger partial charge in [-0.3, -0.25) is 34.1 Å². The van der Waals surface area contributed by atoms with Gasteiger partial charge in [0.25, 0.3) is 22.9 Å². The van der Waals surface area contributed by atoms with Gasteiger partial charge >= 0.3 is 5.97 Å². The highest BCUT2D eigenvalue weighted by Crippen LogP contribution is 2.26. The first kappa shape index (κ1) is 70.5. The molecule has 7 aromatic heterocycles. The van der Waals surface area contributed by atoms with Crippen LogP contribution in [0.25, 0.3) is 27.6 Å². The Morgan fingerprint density at radius 2 is 0.959 bits per heavy atom. The minimum atomic E-state index is -0.436. The number of esters is 1. The average Bonchev–Trinajstić information content (AvgIpc) is 0.831. The number of nitrogen functional groups attached to an aromatic ring is 3. The maximum atomic E-state index is 12.8. The number of amides is 2. The second-order valence-electron chi connectivity index (χ2n) is 23.2. The smallest absolute Gasteiger partial charge is 0.337 e. The zero-order chi connectivity index (χ0) is 69.6. The summed E-state index contributed by atoms with van der Waals surface area (Å²) in [6.07, 6.45) is 12.2. The zero-order valence-corrected chi connectivity index (χ0v) is 56.9. The van der Waals surface area contributed by atoms with Gasteiger partial charge in [-0.15, -0.1) is 0 Å². The van der Waals surface area contributed by atoms with Crippen molar-refractivity contribution in [1.29, 1.82) is 0 Å². The number of methoxy groups -OCH3 is 1. The van der Waals surface area contributed by atoms with Crippen LogP contribution in [0.2, 0.25) is 15.1 Å². The van der Waals surface area contributed by atoms with Crippen molar-refractivity contribution in [1.82, 2.24) is 49.6 Å². The summed E-state index contributed by atoms with van der Waals surface area (Å²) in [5.74, 6) is 0.134. The van der Waals surface area contributed by atoms with E-state index < -0.39 is 5.97 Å². The molecule has 0 bridgehead atoms.